The molecule has 2 N–H and O–H groups in total. The van der Waals surface area contributed by atoms with E-state index in [1.165, 1.54) is 7.11 Å². The van der Waals surface area contributed by atoms with Gasteiger partial charge in [0.2, 0.25) is 0 Å². The Bertz CT molecular complexity index is 559. The average Bonchev–Trinajstić information content (AvgIpc) is 2.63. The number of carbonyl (C=O) groups excluding carboxylic acids is 2. The first-order valence-electron chi connectivity index (χ1n) is 7.96. The fourth-order valence-corrected chi connectivity index (χ4v) is 2.59. The third-order valence-electron chi connectivity index (χ3n) is 4.13. The molecule has 140 valence electrons. The van der Waals surface area contributed by atoms with Crippen molar-refractivity contribution in [3.05, 3.63) is 24.3 Å². The predicted molar refractivity (Wildman–Crippen MR) is 96.3 cm³/mol. The number of piperidine rings is 1. The number of halogens is 1. The van der Waals surface area contributed by atoms with Crippen LogP contribution in [0.5, 0.6) is 5.75 Å². The van der Waals surface area contributed by atoms with Gasteiger partial charge in [-0.05, 0) is 50.2 Å². The van der Waals surface area contributed by atoms with Gasteiger partial charge in [-0.1, -0.05) is 0 Å². The van der Waals surface area contributed by atoms with Crippen LogP contribution in [-0.2, 0) is 19.1 Å². The highest BCUT2D eigenvalue weighted by Crippen LogP contribution is 2.25. The fraction of sp³-hybridized carbons (Fsp3) is 0.529. The molecule has 1 aliphatic rings. The largest absolute Gasteiger partial charge is 0.493 e. The number of amides is 1. The summed E-state index contributed by atoms with van der Waals surface area (Å²) in [6, 6.07) is 7.01. The lowest BCUT2D eigenvalue weighted by Gasteiger charge is -2.34. The van der Waals surface area contributed by atoms with Crippen molar-refractivity contribution in [3.8, 4) is 5.75 Å². The Morgan fingerprint density at radius 3 is 2.36 bits per heavy atom. The van der Waals surface area contributed by atoms with Gasteiger partial charge in [-0.15, -0.1) is 12.4 Å². The molecule has 1 aromatic carbocycles. The van der Waals surface area contributed by atoms with E-state index in [1.807, 2.05) is 0 Å². The van der Waals surface area contributed by atoms with E-state index in [-0.39, 0.29) is 37.3 Å². The van der Waals surface area contributed by atoms with Gasteiger partial charge in [-0.25, -0.2) is 0 Å². The standard InChI is InChI=1S/C17H24N2O5.ClH/c1-22-15(20)7-12-24-14-5-3-13(4-6-14)19-16(21)17(23-2)8-10-18-11-9-17;/h3-6,18H,7-12H2,1-2H3,(H,19,21);1H. The van der Waals surface area contributed by atoms with Crippen LogP contribution in [0.15, 0.2) is 24.3 Å². The Hall–Kier alpha value is -1.83. The highest BCUT2D eigenvalue weighted by Gasteiger charge is 2.39. The molecule has 1 aliphatic heterocycles. The van der Waals surface area contributed by atoms with Crippen molar-refractivity contribution in [3.63, 3.8) is 0 Å². The Morgan fingerprint density at radius 2 is 1.80 bits per heavy atom. The van der Waals surface area contributed by atoms with Gasteiger partial charge in [0.1, 0.15) is 11.4 Å². The van der Waals surface area contributed by atoms with E-state index in [9.17, 15) is 9.59 Å². The summed E-state index contributed by atoms with van der Waals surface area (Å²) in [6.07, 6.45) is 1.48. The van der Waals surface area contributed by atoms with E-state index in [0.29, 0.717) is 24.3 Å². The minimum atomic E-state index is -0.777. The number of ether oxygens (including phenoxy) is 3. The summed E-state index contributed by atoms with van der Waals surface area (Å²) in [5.74, 6) is 0.178. The quantitative estimate of drug-likeness (QED) is 0.709. The summed E-state index contributed by atoms with van der Waals surface area (Å²) in [5, 5.41) is 6.11. The van der Waals surface area contributed by atoms with Crippen LogP contribution >= 0.6 is 12.4 Å². The van der Waals surface area contributed by atoms with Crippen molar-refractivity contribution < 1.29 is 23.8 Å². The van der Waals surface area contributed by atoms with Crippen LogP contribution in [0.3, 0.4) is 0 Å². The van der Waals surface area contributed by atoms with Gasteiger partial charge in [0, 0.05) is 12.8 Å². The second-order valence-electron chi connectivity index (χ2n) is 5.60. The molecular weight excluding hydrogens is 348 g/mol. The van der Waals surface area contributed by atoms with Crippen molar-refractivity contribution >= 4 is 30.0 Å². The molecule has 1 fully saturated rings. The molecule has 1 aromatic rings. The number of anilines is 1. The molecule has 8 heteroatoms. The minimum Gasteiger partial charge on any atom is -0.493 e. The Balaban J connectivity index is 0.00000312. The number of benzene rings is 1. The smallest absolute Gasteiger partial charge is 0.308 e. The van der Waals surface area contributed by atoms with Gasteiger partial charge < -0.3 is 24.8 Å². The maximum absolute atomic E-state index is 12.5. The van der Waals surface area contributed by atoms with Crippen LogP contribution in [0.1, 0.15) is 19.3 Å². The number of esters is 1. The topological polar surface area (TPSA) is 85.9 Å². The maximum Gasteiger partial charge on any atom is 0.308 e. The van der Waals surface area contributed by atoms with Crippen molar-refractivity contribution in [1.82, 2.24) is 5.32 Å². The second-order valence-corrected chi connectivity index (χ2v) is 5.60. The molecule has 0 aromatic heterocycles. The lowest BCUT2D eigenvalue weighted by Crippen LogP contribution is -2.51. The molecule has 0 spiro atoms. The van der Waals surface area contributed by atoms with E-state index >= 15 is 0 Å². The Kier molecular flexibility index (Phi) is 8.68. The lowest BCUT2D eigenvalue weighted by atomic mass is 9.91. The van der Waals surface area contributed by atoms with E-state index in [4.69, 9.17) is 9.47 Å². The van der Waals surface area contributed by atoms with E-state index in [2.05, 4.69) is 15.4 Å². The molecule has 1 saturated heterocycles. The number of rotatable bonds is 7. The van der Waals surface area contributed by atoms with Gasteiger partial charge in [-0.3, -0.25) is 9.59 Å². The average molecular weight is 373 g/mol. The van der Waals surface area contributed by atoms with E-state index in [1.54, 1.807) is 31.4 Å². The molecule has 0 aliphatic carbocycles. The molecule has 25 heavy (non-hydrogen) atoms. The molecule has 7 nitrogen and oxygen atoms in total. The first kappa shape index (κ1) is 21.2. The summed E-state index contributed by atoms with van der Waals surface area (Å²) >= 11 is 0. The number of carbonyl (C=O) groups is 2. The number of nitrogens with one attached hydrogen (secondary N) is 2. The van der Waals surface area contributed by atoms with Crippen molar-refractivity contribution in [2.24, 2.45) is 0 Å². The van der Waals surface area contributed by atoms with Crippen LogP contribution < -0.4 is 15.4 Å². The van der Waals surface area contributed by atoms with Crippen molar-refractivity contribution in [2.75, 3.05) is 39.2 Å². The van der Waals surface area contributed by atoms with Crippen molar-refractivity contribution in [1.29, 1.82) is 0 Å². The molecule has 1 heterocycles. The number of hydrogen-bond donors (Lipinski definition) is 2. The molecule has 0 radical (unpaired) electrons. The monoisotopic (exact) mass is 372 g/mol. The Morgan fingerprint density at radius 1 is 1.16 bits per heavy atom. The van der Waals surface area contributed by atoms with E-state index in [0.717, 1.165) is 13.1 Å². The summed E-state index contributed by atoms with van der Waals surface area (Å²) in [5.41, 5.74) is -0.101. The van der Waals surface area contributed by atoms with Gasteiger partial charge in [-0.2, -0.15) is 0 Å². The summed E-state index contributed by atoms with van der Waals surface area (Å²) < 4.78 is 15.5. The zero-order valence-electron chi connectivity index (χ0n) is 14.5. The van der Waals surface area contributed by atoms with Crippen LogP contribution in [0.2, 0.25) is 0 Å². The molecule has 1 amide bonds. The highest BCUT2D eigenvalue weighted by atomic mass is 35.5. The van der Waals surface area contributed by atoms with Gasteiger partial charge in [0.15, 0.2) is 0 Å². The zero-order valence-corrected chi connectivity index (χ0v) is 15.3. The predicted octanol–water partition coefficient (Wildman–Crippen LogP) is 1.76. The first-order valence-corrected chi connectivity index (χ1v) is 7.96. The Labute approximate surface area is 153 Å². The van der Waals surface area contributed by atoms with Crippen LogP contribution in [0.25, 0.3) is 0 Å². The summed E-state index contributed by atoms with van der Waals surface area (Å²) in [7, 11) is 2.91. The SMILES string of the molecule is COC(=O)CCOc1ccc(NC(=O)C2(OC)CCNCC2)cc1.Cl. The number of hydrogen-bond acceptors (Lipinski definition) is 6. The lowest BCUT2D eigenvalue weighted by molar-refractivity contribution is -0.141. The third kappa shape index (κ3) is 5.88. The highest BCUT2D eigenvalue weighted by molar-refractivity contribution is 5.97. The van der Waals surface area contributed by atoms with Gasteiger partial charge in [0.25, 0.3) is 5.91 Å². The third-order valence-corrected chi connectivity index (χ3v) is 4.13. The molecule has 0 atom stereocenters. The molecule has 2 rings (SSSR count). The number of methoxy groups -OCH3 is 2. The summed E-state index contributed by atoms with van der Waals surface area (Å²) in [6.45, 7) is 1.76. The van der Waals surface area contributed by atoms with Gasteiger partial charge in [0.05, 0.1) is 20.1 Å². The second kappa shape index (κ2) is 10.2. The van der Waals surface area contributed by atoms with Crippen LogP contribution in [0, 0.1) is 0 Å². The molecule has 0 saturated carbocycles. The minimum absolute atomic E-state index is 0. The fourth-order valence-electron chi connectivity index (χ4n) is 2.59. The van der Waals surface area contributed by atoms with Crippen LogP contribution in [-0.4, -0.2) is 51.4 Å². The normalized spacial score (nSPS) is 15.6. The maximum atomic E-state index is 12.5. The molecular formula is C17H25ClN2O5. The molecule has 0 unspecified atom stereocenters. The van der Waals surface area contributed by atoms with Crippen LogP contribution in [0.4, 0.5) is 5.69 Å². The van der Waals surface area contributed by atoms with E-state index < -0.39 is 5.60 Å². The van der Waals surface area contributed by atoms with Gasteiger partial charge >= 0.3 is 5.97 Å². The molecule has 0 bridgehead atoms. The summed E-state index contributed by atoms with van der Waals surface area (Å²) in [4.78, 5) is 23.6. The zero-order chi connectivity index (χ0) is 17.4. The van der Waals surface area contributed by atoms with Crippen molar-refractivity contribution in [2.45, 2.75) is 24.9 Å². The first-order chi connectivity index (χ1) is 11.6.